The van der Waals surface area contributed by atoms with Crippen LogP contribution in [0.1, 0.15) is 15.9 Å². The molecule has 19 heavy (non-hydrogen) atoms. The van der Waals surface area contributed by atoms with E-state index in [1.807, 2.05) is 23.1 Å². The number of likely N-dealkylation sites (N-methyl/N-ethyl adjacent to an activating group) is 1. The van der Waals surface area contributed by atoms with Gasteiger partial charge in [-0.25, -0.2) is 0 Å². The van der Waals surface area contributed by atoms with Gasteiger partial charge in [0.25, 0.3) is 5.91 Å². The molecule has 1 atom stereocenters. The summed E-state index contributed by atoms with van der Waals surface area (Å²) in [5.41, 5.74) is 2.03. The molecule has 1 fully saturated rings. The summed E-state index contributed by atoms with van der Waals surface area (Å²) in [6.07, 6.45) is 1.10. The van der Waals surface area contributed by atoms with Gasteiger partial charge in [-0.1, -0.05) is 18.2 Å². The zero-order valence-corrected chi connectivity index (χ0v) is 11.3. The first kappa shape index (κ1) is 12.6. The molecule has 0 N–H and O–H groups in total. The van der Waals surface area contributed by atoms with E-state index in [0.717, 1.165) is 38.2 Å². The van der Waals surface area contributed by atoms with Crippen molar-refractivity contribution in [3.05, 3.63) is 35.4 Å². The van der Waals surface area contributed by atoms with Crippen molar-refractivity contribution in [2.24, 2.45) is 0 Å². The molecule has 1 saturated heterocycles. The second kappa shape index (κ2) is 5.31. The maximum absolute atomic E-state index is 12.4. The van der Waals surface area contributed by atoms with E-state index < -0.39 is 0 Å². The highest BCUT2D eigenvalue weighted by Crippen LogP contribution is 2.19. The summed E-state index contributed by atoms with van der Waals surface area (Å²) >= 11 is 0. The number of hydrogen-bond acceptors (Lipinski definition) is 3. The van der Waals surface area contributed by atoms with E-state index in [-0.39, 0.29) is 12.0 Å². The zero-order chi connectivity index (χ0) is 13.2. The van der Waals surface area contributed by atoms with Crippen molar-refractivity contribution in [1.82, 2.24) is 9.80 Å². The quantitative estimate of drug-likeness (QED) is 0.796. The number of ether oxygens (including phenoxy) is 1. The van der Waals surface area contributed by atoms with E-state index in [2.05, 4.69) is 18.0 Å². The van der Waals surface area contributed by atoms with E-state index in [1.54, 1.807) is 0 Å². The molecule has 4 nitrogen and oxygen atoms in total. The Labute approximate surface area is 113 Å². The first-order valence-corrected chi connectivity index (χ1v) is 6.91. The van der Waals surface area contributed by atoms with E-state index in [0.29, 0.717) is 6.54 Å². The van der Waals surface area contributed by atoms with Crippen molar-refractivity contribution in [1.29, 1.82) is 0 Å². The fourth-order valence-corrected chi connectivity index (χ4v) is 2.87. The molecule has 2 heterocycles. The molecule has 1 amide bonds. The second-order valence-corrected chi connectivity index (χ2v) is 5.41. The summed E-state index contributed by atoms with van der Waals surface area (Å²) in [6.45, 7) is 4.16. The second-order valence-electron chi connectivity index (χ2n) is 5.41. The van der Waals surface area contributed by atoms with Crippen LogP contribution >= 0.6 is 0 Å². The third-order valence-corrected chi connectivity index (χ3v) is 3.95. The van der Waals surface area contributed by atoms with E-state index in [9.17, 15) is 4.79 Å². The lowest BCUT2D eigenvalue weighted by atomic mass is 9.99. The molecule has 102 valence electrons. The van der Waals surface area contributed by atoms with Crippen molar-refractivity contribution < 1.29 is 9.53 Å². The predicted molar refractivity (Wildman–Crippen MR) is 73.3 cm³/mol. The average Bonchev–Trinajstić information content (AvgIpc) is 2.42. The molecule has 1 aromatic carbocycles. The first-order valence-electron chi connectivity index (χ1n) is 6.91. The Morgan fingerprint density at radius 2 is 2.16 bits per heavy atom. The highest BCUT2D eigenvalue weighted by atomic mass is 16.5. The Morgan fingerprint density at radius 1 is 1.32 bits per heavy atom. The molecular weight excluding hydrogens is 240 g/mol. The van der Waals surface area contributed by atoms with Gasteiger partial charge in [0.05, 0.1) is 12.7 Å². The molecule has 0 saturated carbocycles. The summed E-state index contributed by atoms with van der Waals surface area (Å²) in [7, 11) is 2.10. The molecule has 0 bridgehead atoms. The van der Waals surface area contributed by atoms with Crippen LogP contribution in [0.4, 0.5) is 0 Å². The van der Waals surface area contributed by atoms with Gasteiger partial charge in [-0.15, -0.1) is 0 Å². The molecule has 0 aromatic heterocycles. The van der Waals surface area contributed by atoms with Crippen LogP contribution in [0.15, 0.2) is 24.3 Å². The van der Waals surface area contributed by atoms with Gasteiger partial charge >= 0.3 is 0 Å². The van der Waals surface area contributed by atoms with Crippen molar-refractivity contribution >= 4 is 5.91 Å². The topological polar surface area (TPSA) is 32.8 Å². The molecule has 0 aliphatic carbocycles. The lowest BCUT2D eigenvalue weighted by Gasteiger charge is -2.35. The standard InChI is InChI=1S/C15H20N2O2/c1-16-8-9-19-13(10-16)11-17-7-6-12-4-2-3-5-14(12)15(17)18/h2-5,13H,6-11H2,1H3. The highest BCUT2D eigenvalue weighted by molar-refractivity contribution is 5.96. The molecule has 3 rings (SSSR count). The fraction of sp³-hybridized carbons (Fsp3) is 0.533. The number of carbonyl (C=O) groups excluding carboxylic acids is 1. The smallest absolute Gasteiger partial charge is 0.254 e. The molecule has 2 aliphatic rings. The number of rotatable bonds is 2. The third-order valence-electron chi connectivity index (χ3n) is 3.95. The number of carbonyl (C=O) groups is 1. The zero-order valence-electron chi connectivity index (χ0n) is 11.3. The van der Waals surface area contributed by atoms with Gasteiger partial charge in [-0.05, 0) is 25.1 Å². The monoisotopic (exact) mass is 260 g/mol. The number of benzene rings is 1. The van der Waals surface area contributed by atoms with Gasteiger partial charge < -0.3 is 14.5 Å². The van der Waals surface area contributed by atoms with Gasteiger partial charge in [-0.2, -0.15) is 0 Å². The van der Waals surface area contributed by atoms with Crippen molar-refractivity contribution in [2.45, 2.75) is 12.5 Å². The SMILES string of the molecule is CN1CCOC(CN2CCc3ccccc3C2=O)C1. The Kier molecular flexibility index (Phi) is 3.53. The maximum Gasteiger partial charge on any atom is 0.254 e. The number of morpholine rings is 1. The van der Waals surface area contributed by atoms with Gasteiger partial charge in [0.2, 0.25) is 0 Å². The van der Waals surface area contributed by atoms with Crippen LogP contribution in [0.3, 0.4) is 0 Å². The van der Waals surface area contributed by atoms with Crippen LogP contribution in [0.25, 0.3) is 0 Å². The summed E-state index contributed by atoms with van der Waals surface area (Å²) in [5, 5.41) is 0. The Bertz CT molecular complexity index is 475. The van der Waals surface area contributed by atoms with E-state index in [4.69, 9.17) is 4.74 Å². The lowest BCUT2D eigenvalue weighted by Crippen LogP contribution is -2.49. The normalized spacial score (nSPS) is 24.4. The fourth-order valence-electron chi connectivity index (χ4n) is 2.87. The highest BCUT2D eigenvalue weighted by Gasteiger charge is 2.27. The van der Waals surface area contributed by atoms with Gasteiger partial charge in [0.15, 0.2) is 0 Å². The maximum atomic E-state index is 12.4. The van der Waals surface area contributed by atoms with Crippen LogP contribution < -0.4 is 0 Å². The van der Waals surface area contributed by atoms with E-state index in [1.165, 1.54) is 5.56 Å². The molecule has 1 unspecified atom stereocenters. The summed E-state index contributed by atoms with van der Waals surface area (Å²) in [6, 6.07) is 7.92. The number of hydrogen-bond donors (Lipinski definition) is 0. The molecule has 0 spiro atoms. The summed E-state index contributed by atoms with van der Waals surface area (Å²) < 4.78 is 5.75. The number of nitrogens with zero attached hydrogens (tertiary/aromatic N) is 2. The predicted octanol–water partition coefficient (Wildman–Crippen LogP) is 1.02. The number of amides is 1. The van der Waals surface area contributed by atoms with E-state index >= 15 is 0 Å². The largest absolute Gasteiger partial charge is 0.374 e. The molecule has 2 aliphatic heterocycles. The minimum absolute atomic E-state index is 0.146. The van der Waals surface area contributed by atoms with Crippen molar-refractivity contribution in [2.75, 3.05) is 39.8 Å². The minimum atomic E-state index is 0.146. The molecular formula is C15H20N2O2. The third kappa shape index (κ3) is 2.65. The van der Waals surface area contributed by atoms with Crippen molar-refractivity contribution in [3.63, 3.8) is 0 Å². The van der Waals surface area contributed by atoms with Crippen molar-refractivity contribution in [3.8, 4) is 0 Å². The molecule has 1 aromatic rings. The Balaban J connectivity index is 1.69. The van der Waals surface area contributed by atoms with Gasteiger partial charge in [-0.3, -0.25) is 4.79 Å². The van der Waals surface area contributed by atoms with Crippen LogP contribution in [-0.2, 0) is 11.2 Å². The Morgan fingerprint density at radius 3 is 3.00 bits per heavy atom. The Hall–Kier alpha value is -1.39. The van der Waals surface area contributed by atoms with Crippen LogP contribution in [0.5, 0.6) is 0 Å². The average molecular weight is 260 g/mol. The van der Waals surface area contributed by atoms with Gasteiger partial charge in [0, 0.05) is 31.7 Å². The molecule has 0 radical (unpaired) electrons. The summed E-state index contributed by atoms with van der Waals surface area (Å²) in [5.74, 6) is 0.152. The van der Waals surface area contributed by atoms with Crippen LogP contribution in [0, 0.1) is 0 Å². The molecule has 4 heteroatoms. The van der Waals surface area contributed by atoms with Crippen LogP contribution in [-0.4, -0.2) is 61.6 Å². The first-order chi connectivity index (χ1) is 9.24. The lowest BCUT2D eigenvalue weighted by molar-refractivity contribution is -0.0330. The number of fused-ring (bicyclic) bond motifs is 1. The minimum Gasteiger partial charge on any atom is -0.374 e. The summed E-state index contributed by atoms with van der Waals surface area (Å²) in [4.78, 5) is 16.6. The van der Waals surface area contributed by atoms with Crippen LogP contribution in [0.2, 0.25) is 0 Å². The van der Waals surface area contributed by atoms with Gasteiger partial charge in [0.1, 0.15) is 0 Å².